The Morgan fingerprint density at radius 2 is 1.73 bits per heavy atom. The van der Waals surface area contributed by atoms with Gasteiger partial charge in [-0.1, -0.05) is 62.9 Å². The topological polar surface area (TPSA) is 73.9 Å². The van der Waals surface area contributed by atoms with Crippen LogP contribution in [0.25, 0.3) is 0 Å². The van der Waals surface area contributed by atoms with Crippen molar-refractivity contribution in [1.82, 2.24) is 0 Å². The van der Waals surface area contributed by atoms with Crippen molar-refractivity contribution >= 4 is 17.7 Å². The second-order valence-corrected chi connectivity index (χ2v) is 8.74. The Kier molecular flexibility index (Phi) is 7.92. The van der Waals surface area contributed by atoms with E-state index in [1.54, 1.807) is 36.4 Å². The number of carbonyl (C=O) groups excluding carboxylic acids is 2. The molecule has 33 heavy (non-hydrogen) atoms. The molecule has 6 heteroatoms. The monoisotopic (exact) mass is 447 g/mol. The number of para-hydroxylation sites is 1. The number of nitrogens with one attached hydrogen (secondary N) is 1. The number of rotatable bonds is 4. The van der Waals surface area contributed by atoms with Crippen molar-refractivity contribution in [2.75, 3.05) is 11.9 Å². The lowest BCUT2D eigenvalue weighted by atomic mass is 9.87. The number of amides is 1. The molecule has 0 radical (unpaired) electrons. The van der Waals surface area contributed by atoms with Gasteiger partial charge in [-0.05, 0) is 47.4 Å². The van der Waals surface area contributed by atoms with Gasteiger partial charge in [0.1, 0.15) is 24.9 Å². The molecule has 1 heterocycles. The minimum atomic E-state index is -0.678. The molecule has 172 valence electrons. The maximum Gasteiger partial charge on any atom is 0.411 e. The molecule has 0 aliphatic carbocycles. The van der Waals surface area contributed by atoms with Gasteiger partial charge in [-0.15, -0.1) is 0 Å². The van der Waals surface area contributed by atoms with E-state index in [1.165, 1.54) is 12.5 Å². The first-order valence-corrected chi connectivity index (χ1v) is 10.8. The molecule has 0 bridgehead atoms. The largest absolute Gasteiger partial charge is 0.455 e. The van der Waals surface area contributed by atoms with Gasteiger partial charge in [-0.25, -0.2) is 4.79 Å². The quantitative estimate of drug-likeness (QED) is 0.412. The molecule has 2 aromatic rings. The van der Waals surface area contributed by atoms with Gasteiger partial charge in [0.25, 0.3) is 0 Å². The minimum absolute atomic E-state index is 0.0763. The first-order chi connectivity index (χ1) is 15.7. The molecule has 3 rings (SSSR count). The van der Waals surface area contributed by atoms with Crippen LogP contribution in [0.4, 0.5) is 10.5 Å². The third-order valence-corrected chi connectivity index (χ3v) is 4.97. The normalized spacial score (nSPS) is 19.7. The molecular weight excluding hydrogens is 418 g/mol. The number of esters is 1. The van der Waals surface area contributed by atoms with Gasteiger partial charge in [0, 0.05) is 18.2 Å². The zero-order chi connectivity index (χ0) is 23.8. The summed E-state index contributed by atoms with van der Waals surface area (Å²) in [6.45, 7) is 7.71. The first kappa shape index (κ1) is 24.1. The van der Waals surface area contributed by atoms with E-state index in [2.05, 4.69) is 50.1 Å². The highest BCUT2D eigenvalue weighted by molar-refractivity contribution is 5.84. The lowest BCUT2D eigenvalue weighted by molar-refractivity contribution is -0.155. The van der Waals surface area contributed by atoms with Crippen molar-refractivity contribution < 1.29 is 23.8 Å². The van der Waals surface area contributed by atoms with Gasteiger partial charge in [0.05, 0.1) is 0 Å². The molecule has 1 N–H and O–H groups in total. The molecule has 1 aliphatic rings. The predicted molar refractivity (Wildman–Crippen MR) is 127 cm³/mol. The maximum absolute atomic E-state index is 12.1. The second-order valence-electron chi connectivity index (χ2n) is 8.74. The summed E-state index contributed by atoms with van der Waals surface area (Å²) < 4.78 is 16.6. The summed E-state index contributed by atoms with van der Waals surface area (Å²) in [5.41, 5.74) is 2.80. The molecule has 0 saturated carbocycles. The summed E-state index contributed by atoms with van der Waals surface area (Å²) in [5.74, 6) is 5.74. The number of ether oxygens (including phenoxy) is 3. The summed E-state index contributed by atoms with van der Waals surface area (Å²) in [4.78, 5) is 23.6. The predicted octanol–water partition coefficient (Wildman–Crippen LogP) is 4.84. The lowest BCUT2D eigenvalue weighted by Crippen LogP contribution is -2.41. The van der Waals surface area contributed by atoms with Crippen molar-refractivity contribution in [3.05, 3.63) is 77.9 Å². The highest BCUT2D eigenvalue weighted by Crippen LogP contribution is 2.22. The van der Waals surface area contributed by atoms with Crippen molar-refractivity contribution in [3.63, 3.8) is 0 Å². The zero-order valence-corrected chi connectivity index (χ0v) is 19.3. The van der Waals surface area contributed by atoms with Gasteiger partial charge < -0.3 is 14.2 Å². The van der Waals surface area contributed by atoms with Crippen LogP contribution in [-0.4, -0.2) is 37.0 Å². The Morgan fingerprint density at radius 1 is 1.03 bits per heavy atom. The van der Waals surface area contributed by atoms with E-state index in [0.717, 1.165) is 5.56 Å². The molecule has 1 amide bonds. The highest BCUT2D eigenvalue weighted by atomic mass is 16.6. The van der Waals surface area contributed by atoms with E-state index in [-0.39, 0.29) is 12.0 Å². The number of hydrogen-bond donors (Lipinski definition) is 1. The van der Waals surface area contributed by atoms with Crippen LogP contribution in [0.5, 0.6) is 0 Å². The standard InChI is InChI=1S/C27H29NO5/c1-19(29)32-24-17-16-23(15-12-20-10-13-21(14-11-20)27(2,3)4)33-25(24)18-31-26(30)28-22-8-6-5-7-9-22/h5-11,13-14,16-17,23-25H,18H2,1-4H3,(H,28,30)/t23-,24+,25-/m1/s1. The Balaban J connectivity index is 1.64. The summed E-state index contributed by atoms with van der Waals surface area (Å²) >= 11 is 0. The number of carbonyl (C=O) groups is 2. The van der Waals surface area contributed by atoms with Crippen LogP contribution in [0.3, 0.4) is 0 Å². The third kappa shape index (κ3) is 7.51. The van der Waals surface area contributed by atoms with E-state index in [0.29, 0.717) is 5.69 Å². The molecule has 0 saturated heterocycles. The van der Waals surface area contributed by atoms with Gasteiger partial charge in [-0.3, -0.25) is 10.1 Å². The van der Waals surface area contributed by atoms with Crippen LogP contribution < -0.4 is 5.32 Å². The number of anilines is 1. The minimum Gasteiger partial charge on any atom is -0.455 e. The molecule has 1 aliphatic heterocycles. The summed E-state index contributed by atoms with van der Waals surface area (Å²) in [5, 5.41) is 2.64. The van der Waals surface area contributed by atoms with E-state index in [1.807, 2.05) is 18.2 Å². The van der Waals surface area contributed by atoms with Crippen LogP contribution in [0.2, 0.25) is 0 Å². The van der Waals surface area contributed by atoms with Crippen LogP contribution in [0.1, 0.15) is 38.8 Å². The molecule has 0 unspecified atom stereocenters. The molecule has 3 atom stereocenters. The van der Waals surface area contributed by atoms with Gasteiger partial charge >= 0.3 is 12.1 Å². The first-order valence-electron chi connectivity index (χ1n) is 10.8. The van der Waals surface area contributed by atoms with E-state index in [9.17, 15) is 9.59 Å². The highest BCUT2D eigenvalue weighted by Gasteiger charge is 2.30. The molecule has 0 aromatic heterocycles. The van der Waals surface area contributed by atoms with Gasteiger partial charge in [0.2, 0.25) is 0 Å². The fraction of sp³-hybridized carbons (Fsp3) is 0.333. The van der Waals surface area contributed by atoms with E-state index in [4.69, 9.17) is 14.2 Å². The van der Waals surface area contributed by atoms with Crippen molar-refractivity contribution in [2.24, 2.45) is 0 Å². The molecule has 0 fully saturated rings. The van der Waals surface area contributed by atoms with Crippen molar-refractivity contribution in [1.29, 1.82) is 0 Å². The van der Waals surface area contributed by atoms with Crippen molar-refractivity contribution in [2.45, 2.75) is 51.4 Å². The third-order valence-electron chi connectivity index (χ3n) is 4.97. The summed E-state index contributed by atoms with van der Waals surface area (Å²) in [6.07, 6.45) is 0.965. The zero-order valence-electron chi connectivity index (χ0n) is 19.3. The second kappa shape index (κ2) is 10.8. The Morgan fingerprint density at radius 3 is 2.36 bits per heavy atom. The Labute approximate surface area is 194 Å². The van der Waals surface area contributed by atoms with Crippen LogP contribution in [0.15, 0.2) is 66.7 Å². The average molecular weight is 448 g/mol. The van der Waals surface area contributed by atoms with Gasteiger partial charge in [0.15, 0.2) is 0 Å². The molecule has 6 nitrogen and oxygen atoms in total. The van der Waals surface area contributed by atoms with Gasteiger partial charge in [-0.2, -0.15) is 0 Å². The number of benzene rings is 2. The molecular formula is C27H29NO5. The number of hydrogen-bond acceptors (Lipinski definition) is 5. The fourth-order valence-corrected chi connectivity index (χ4v) is 3.21. The Hall–Kier alpha value is -3.56. The van der Waals surface area contributed by atoms with Crippen molar-refractivity contribution in [3.8, 4) is 11.8 Å². The Bertz CT molecular complexity index is 1040. The lowest BCUT2D eigenvalue weighted by Gasteiger charge is -2.29. The van der Waals surface area contributed by atoms with E-state index >= 15 is 0 Å². The summed E-state index contributed by atoms with van der Waals surface area (Å²) in [7, 11) is 0. The fourth-order valence-electron chi connectivity index (χ4n) is 3.21. The summed E-state index contributed by atoms with van der Waals surface area (Å²) in [6, 6.07) is 17.1. The SMILES string of the molecule is CC(=O)O[C@H]1C=C[C@@H](C#Cc2ccc(C(C)(C)C)cc2)O[C@@H]1COC(=O)Nc1ccccc1. The van der Waals surface area contributed by atoms with Crippen LogP contribution in [-0.2, 0) is 24.4 Å². The smallest absolute Gasteiger partial charge is 0.411 e. The van der Waals surface area contributed by atoms with Crippen LogP contribution >= 0.6 is 0 Å². The van der Waals surface area contributed by atoms with E-state index < -0.39 is 30.4 Å². The van der Waals surface area contributed by atoms with Crippen LogP contribution in [0, 0.1) is 11.8 Å². The molecule has 0 spiro atoms. The molecule has 2 aromatic carbocycles. The maximum atomic E-state index is 12.1. The average Bonchev–Trinajstić information content (AvgIpc) is 2.77.